The van der Waals surface area contributed by atoms with Crippen molar-refractivity contribution < 1.29 is 0 Å². The van der Waals surface area contributed by atoms with E-state index in [1.54, 1.807) is 0 Å². The van der Waals surface area contributed by atoms with E-state index in [1.807, 2.05) is 86.6 Å². The molecule has 0 fully saturated rings. The lowest BCUT2D eigenvalue weighted by Crippen LogP contribution is -2.22. The lowest BCUT2D eigenvalue weighted by molar-refractivity contribution is 0.572. The smallest absolute Gasteiger partial charge is 0.345 e. The average molecular weight is 1180 g/mol. The van der Waals surface area contributed by atoms with E-state index in [0.29, 0.717) is 31.7 Å². The van der Waals surface area contributed by atoms with Crippen LogP contribution < -0.4 is 14.7 Å². The van der Waals surface area contributed by atoms with Gasteiger partial charge in [-0.15, -0.1) is 20.5 Å². The molecule has 0 spiro atoms. The molecule has 7 aromatic rings. The molecule has 0 saturated heterocycles. The first-order valence-corrected chi connectivity index (χ1v) is 29.7. The van der Waals surface area contributed by atoms with Gasteiger partial charge in [-0.3, -0.25) is 13.7 Å². The van der Waals surface area contributed by atoms with Crippen molar-refractivity contribution in [1.82, 2.24) is 43.6 Å². The highest BCUT2D eigenvalue weighted by Crippen LogP contribution is 2.44. The molecule has 0 unspecified atom stereocenters. The van der Waals surface area contributed by atoms with Crippen LogP contribution >= 0.6 is 34.0 Å². The zero-order chi connectivity index (χ0) is 61.4. The van der Waals surface area contributed by atoms with Crippen LogP contribution in [0.15, 0.2) is 48.9 Å². The van der Waals surface area contributed by atoms with Gasteiger partial charge in [-0.05, 0) is 58.2 Å². The Balaban J connectivity index is 1.42. The summed E-state index contributed by atoms with van der Waals surface area (Å²) in [5, 5.41) is 74.0. The van der Waals surface area contributed by atoms with Gasteiger partial charge in [0.1, 0.15) is 30.8 Å². The monoisotopic (exact) mass is 1180 g/mol. The predicted molar refractivity (Wildman–Crippen MR) is 327 cm³/mol. The molecule has 0 saturated carbocycles. The second kappa shape index (κ2) is 26.0. The van der Waals surface area contributed by atoms with Crippen LogP contribution in [0.4, 0.5) is 59.9 Å². The quantitative estimate of drug-likeness (QED) is 0.0478. The lowest BCUT2D eigenvalue weighted by atomic mass is 9.93. The van der Waals surface area contributed by atoms with Crippen molar-refractivity contribution in [2.75, 3.05) is 54.0 Å². The molecule has 24 nitrogen and oxygen atoms in total. The number of hydrogen-bond acceptors (Lipinski definition) is 22. The standard InChI is InChI=1S/C57H66N24S3/c1-18-76(19-2)52-66-41(55(7,8)9)46(82-52)70-73-49-64-37(27-58)39(29-60)79(49)31-34-24-35(32-80-40(30-61)44(62-16)69-51(80)75-72-48-43(57(13,14)15)68-54(84-48)78(22-5)23-6)26-36(25-34)33-81-45(63-17)38(28-59)65-50(81)74-71-47-42(56(10,11)12)67-53(83-47)77(20-3)21-4/h24-26H,18-23,31-33H2,1-15H3/b73-70+,74-71+,75-72+. The molecule has 84 heavy (non-hydrogen) atoms. The molecule has 1 aromatic carbocycles. The minimum Gasteiger partial charge on any atom is -0.361 e. The molecule has 432 valence electrons. The number of rotatable bonds is 21. The van der Waals surface area contributed by atoms with E-state index < -0.39 is 16.2 Å². The van der Waals surface area contributed by atoms with Crippen molar-refractivity contribution in [3.05, 3.63) is 97.6 Å². The fourth-order valence-corrected chi connectivity index (χ4v) is 12.6. The summed E-state index contributed by atoms with van der Waals surface area (Å²) in [6.07, 6.45) is 0. The van der Waals surface area contributed by atoms with E-state index in [9.17, 15) is 21.0 Å². The fraction of sp³-hybridized carbons (Fsp3) is 0.474. The summed E-state index contributed by atoms with van der Waals surface area (Å²) in [7, 11) is 0. The molecule has 6 heterocycles. The first-order chi connectivity index (χ1) is 39.9. The second-order valence-corrected chi connectivity index (χ2v) is 25.0. The van der Waals surface area contributed by atoms with E-state index in [2.05, 4.69) is 114 Å². The molecular formula is C57H66N24S3. The summed E-state index contributed by atoms with van der Waals surface area (Å²) in [6, 6.07) is 13.9. The maximum Gasteiger partial charge on any atom is 0.345 e. The van der Waals surface area contributed by atoms with Crippen molar-refractivity contribution in [1.29, 1.82) is 21.0 Å². The van der Waals surface area contributed by atoms with Gasteiger partial charge in [0.05, 0.1) is 30.2 Å². The van der Waals surface area contributed by atoms with Crippen LogP contribution in [0.2, 0.25) is 0 Å². The van der Waals surface area contributed by atoms with Gasteiger partial charge >= 0.3 is 17.7 Å². The molecule has 7 rings (SSSR count). The number of thiazole rings is 3. The van der Waals surface area contributed by atoms with E-state index in [1.165, 1.54) is 47.7 Å². The molecule has 27 heteroatoms. The Morgan fingerprint density at radius 2 is 0.786 bits per heavy atom. The van der Waals surface area contributed by atoms with Gasteiger partial charge in [0.2, 0.25) is 0 Å². The first kappa shape index (κ1) is 62.5. The molecule has 0 bridgehead atoms. The minimum atomic E-state index is -0.413. The summed E-state index contributed by atoms with van der Waals surface area (Å²) >= 11 is 4.16. The summed E-state index contributed by atoms with van der Waals surface area (Å²) in [5.74, 6) is -0.311. The second-order valence-electron chi connectivity index (χ2n) is 22.2. The number of anilines is 3. The van der Waals surface area contributed by atoms with Gasteiger partial charge < -0.3 is 24.4 Å². The Kier molecular flexibility index (Phi) is 19.3. The van der Waals surface area contributed by atoms with Crippen LogP contribution in [0.5, 0.6) is 0 Å². The largest absolute Gasteiger partial charge is 0.361 e. The molecule has 0 amide bonds. The normalized spacial score (nSPS) is 12.0. The van der Waals surface area contributed by atoms with Crippen molar-refractivity contribution in [3.8, 4) is 24.3 Å². The van der Waals surface area contributed by atoms with Gasteiger partial charge in [0, 0.05) is 55.5 Å². The number of nitriles is 4. The average Bonchev–Trinajstić information content (AvgIpc) is 3.31. The molecule has 0 aliphatic heterocycles. The number of hydrogen-bond donors (Lipinski definition) is 0. The summed E-state index contributed by atoms with van der Waals surface area (Å²) in [6.45, 7) is 51.2. The van der Waals surface area contributed by atoms with Gasteiger partial charge in [-0.1, -0.05) is 143 Å². The highest BCUT2D eigenvalue weighted by Gasteiger charge is 2.30. The van der Waals surface area contributed by atoms with Crippen LogP contribution in [0.25, 0.3) is 9.69 Å². The zero-order valence-electron chi connectivity index (χ0n) is 50.1. The first-order valence-electron chi connectivity index (χ1n) is 27.3. The third-order valence-corrected chi connectivity index (χ3v) is 16.3. The number of azo groups is 3. The Morgan fingerprint density at radius 1 is 0.452 bits per heavy atom. The van der Waals surface area contributed by atoms with Crippen molar-refractivity contribution >= 4 is 93.9 Å². The fourth-order valence-electron chi connectivity index (χ4n) is 8.94. The third kappa shape index (κ3) is 13.4. The van der Waals surface area contributed by atoms with Crippen LogP contribution in [0, 0.1) is 58.5 Å². The lowest BCUT2D eigenvalue weighted by Gasteiger charge is -2.18. The predicted octanol–water partition coefficient (Wildman–Crippen LogP) is 15.1. The minimum absolute atomic E-state index is 0.0140. The maximum absolute atomic E-state index is 10.7. The highest BCUT2D eigenvalue weighted by atomic mass is 32.1. The number of benzene rings is 1. The summed E-state index contributed by atoms with van der Waals surface area (Å²) < 4.78 is 4.51. The van der Waals surface area contributed by atoms with Crippen molar-refractivity contribution in [2.45, 2.75) is 140 Å². The van der Waals surface area contributed by atoms with Gasteiger partial charge in [-0.25, -0.2) is 15.0 Å². The molecule has 6 aromatic heterocycles. The molecule has 0 aliphatic rings. The maximum atomic E-state index is 10.7. The Labute approximate surface area is 502 Å². The van der Waals surface area contributed by atoms with Gasteiger partial charge in [0.25, 0.3) is 11.8 Å². The van der Waals surface area contributed by atoms with Gasteiger partial charge in [-0.2, -0.15) is 31.0 Å². The molecule has 0 aliphatic carbocycles. The van der Waals surface area contributed by atoms with Crippen LogP contribution in [-0.4, -0.2) is 82.9 Å². The molecule has 0 N–H and O–H groups in total. The SMILES string of the molecule is [C-]#[N+]c1nc(/N=N/c2sc(N(CC)CC)nc2C(C)(C)C)n(Cc2cc(Cn3c(/N=N/c4sc(N(CC)CC)nc4C(C)(C)C)nc(C#N)c3C#N)cc(Cn3c(/N=N/c4sc(N(CC)CC)nc4C(C)(C)C)nc(C#N)c3[N+]#[C-])c2)c1C#N. The van der Waals surface area contributed by atoms with Crippen LogP contribution in [0.3, 0.4) is 0 Å². The third-order valence-electron chi connectivity index (χ3n) is 13.3. The Morgan fingerprint density at radius 3 is 1.11 bits per heavy atom. The number of nitrogens with zero attached hydrogens (tertiary/aromatic N) is 24. The van der Waals surface area contributed by atoms with E-state index >= 15 is 0 Å². The van der Waals surface area contributed by atoms with E-state index in [-0.39, 0.29) is 71.9 Å². The Bertz CT molecular complexity index is 3500. The molecule has 0 atom stereocenters. The van der Waals surface area contributed by atoms with E-state index in [4.69, 9.17) is 43.4 Å². The van der Waals surface area contributed by atoms with Crippen molar-refractivity contribution in [3.63, 3.8) is 0 Å². The summed E-state index contributed by atoms with van der Waals surface area (Å²) in [5.41, 5.74) is 2.16. The topological polar surface area (TPSA) is 280 Å². The zero-order valence-corrected chi connectivity index (χ0v) is 52.5. The van der Waals surface area contributed by atoms with E-state index in [0.717, 1.165) is 71.7 Å². The van der Waals surface area contributed by atoms with Crippen LogP contribution in [0.1, 0.15) is 160 Å². The highest BCUT2D eigenvalue weighted by molar-refractivity contribution is 7.20. The molecular weight excluding hydrogens is 1120 g/mol. The number of imidazole rings is 3. The molecule has 0 radical (unpaired) electrons. The Hall–Kier alpha value is -9.12. The van der Waals surface area contributed by atoms with Crippen molar-refractivity contribution in [2.24, 2.45) is 30.7 Å². The van der Waals surface area contributed by atoms with Crippen LogP contribution in [-0.2, 0) is 35.9 Å². The summed E-state index contributed by atoms with van der Waals surface area (Å²) in [4.78, 5) is 42.2. The van der Waals surface area contributed by atoms with Gasteiger partial charge in [0.15, 0.2) is 53.2 Å². The number of aromatic nitrogens is 9.